The van der Waals surface area contributed by atoms with Crippen molar-refractivity contribution in [2.45, 2.75) is 24.9 Å². The number of unbranched alkanes of at least 4 members (excludes halogenated alkanes) is 1. The van der Waals surface area contributed by atoms with Gasteiger partial charge >= 0.3 is 0 Å². The van der Waals surface area contributed by atoms with Gasteiger partial charge in [-0.25, -0.2) is 9.07 Å². The first-order chi connectivity index (χ1) is 8.74. The number of nitrogens with two attached hydrogens (primary N) is 1. The van der Waals surface area contributed by atoms with Gasteiger partial charge in [-0.1, -0.05) is 37.2 Å². The van der Waals surface area contributed by atoms with Gasteiger partial charge in [0.15, 0.2) is 5.82 Å². The molecule has 0 aliphatic heterocycles. The molecular formula is C12H15FN4S. The third-order valence-corrected chi connectivity index (χ3v) is 3.54. The smallest absolute Gasteiger partial charge is 0.210 e. The first-order valence-electron chi connectivity index (χ1n) is 5.82. The van der Waals surface area contributed by atoms with Crippen LogP contribution in [0.1, 0.15) is 19.8 Å². The molecule has 0 bridgehead atoms. The van der Waals surface area contributed by atoms with Crippen LogP contribution < -0.4 is 5.84 Å². The number of nitrogens with zero attached hydrogens (tertiary/aromatic N) is 3. The van der Waals surface area contributed by atoms with Crippen LogP contribution in [0.25, 0.3) is 11.4 Å². The highest BCUT2D eigenvalue weighted by molar-refractivity contribution is 7.99. The summed E-state index contributed by atoms with van der Waals surface area (Å²) in [6.45, 7) is 2.12. The van der Waals surface area contributed by atoms with Crippen molar-refractivity contribution in [3.63, 3.8) is 0 Å². The van der Waals surface area contributed by atoms with E-state index in [-0.39, 0.29) is 5.82 Å². The minimum atomic E-state index is -0.346. The van der Waals surface area contributed by atoms with Crippen molar-refractivity contribution in [2.75, 3.05) is 11.6 Å². The second-order valence-corrected chi connectivity index (χ2v) is 4.92. The van der Waals surface area contributed by atoms with Crippen LogP contribution in [0.15, 0.2) is 29.4 Å². The standard InChI is InChI=1S/C12H15FN4S/c1-2-3-8-18-12-16-15-11(17(12)14)9-6-4-5-7-10(9)13/h4-7H,2-3,8,14H2,1H3. The molecule has 0 fully saturated rings. The summed E-state index contributed by atoms with van der Waals surface area (Å²) >= 11 is 1.53. The number of rotatable bonds is 5. The average molecular weight is 266 g/mol. The normalized spacial score (nSPS) is 10.8. The summed E-state index contributed by atoms with van der Waals surface area (Å²) in [5, 5.41) is 8.55. The molecule has 0 spiro atoms. The number of hydrogen-bond acceptors (Lipinski definition) is 4. The lowest BCUT2D eigenvalue weighted by molar-refractivity contribution is 0.629. The van der Waals surface area contributed by atoms with Crippen molar-refractivity contribution < 1.29 is 4.39 Å². The minimum Gasteiger partial charge on any atom is -0.335 e. The number of thioether (sulfide) groups is 1. The zero-order valence-electron chi connectivity index (χ0n) is 10.1. The number of aromatic nitrogens is 3. The lowest BCUT2D eigenvalue weighted by Crippen LogP contribution is -2.12. The molecule has 4 nitrogen and oxygen atoms in total. The summed E-state index contributed by atoms with van der Waals surface area (Å²) in [7, 11) is 0. The Balaban J connectivity index is 2.23. The highest BCUT2D eigenvalue weighted by atomic mass is 32.2. The molecule has 0 amide bonds. The van der Waals surface area contributed by atoms with E-state index in [1.165, 1.54) is 22.5 Å². The van der Waals surface area contributed by atoms with Crippen molar-refractivity contribution in [3.05, 3.63) is 30.1 Å². The molecular weight excluding hydrogens is 251 g/mol. The Morgan fingerprint density at radius 3 is 2.83 bits per heavy atom. The molecule has 1 aromatic heterocycles. The SMILES string of the molecule is CCCCSc1nnc(-c2ccccc2F)n1N. The van der Waals surface area contributed by atoms with Crippen LogP contribution in [0.3, 0.4) is 0 Å². The van der Waals surface area contributed by atoms with Gasteiger partial charge in [-0.3, -0.25) is 0 Å². The maximum absolute atomic E-state index is 13.6. The molecule has 0 aliphatic rings. The molecule has 2 rings (SSSR count). The van der Waals surface area contributed by atoms with E-state index in [1.807, 2.05) is 0 Å². The Hall–Kier alpha value is -1.56. The zero-order valence-corrected chi connectivity index (χ0v) is 11.0. The molecule has 0 unspecified atom stereocenters. The maximum Gasteiger partial charge on any atom is 0.210 e. The third-order valence-electron chi connectivity index (χ3n) is 2.51. The molecule has 0 atom stereocenters. The molecule has 0 saturated heterocycles. The second-order valence-electron chi connectivity index (χ2n) is 3.86. The quantitative estimate of drug-likeness (QED) is 0.513. The minimum absolute atomic E-state index is 0.346. The highest BCUT2D eigenvalue weighted by Crippen LogP contribution is 2.23. The van der Waals surface area contributed by atoms with Crippen molar-refractivity contribution in [1.82, 2.24) is 14.9 Å². The van der Waals surface area contributed by atoms with Crippen LogP contribution in [0, 0.1) is 5.82 Å². The van der Waals surface area contributed by atoms with E-state index in [1.54, 1.807) is 18.2 Å². The topological polar surface area (TPSA) is 56.7 Å². The van der Waals surface area contributed by atoms with Gasteiger partial charge in [0.05, 0.1) is 5.56 Å². The van der Waals surface area contributed by atoms with Gasteiger partial charge in [-0.15, -0.1) is 10.2 Å². The third kappa shape index (κ3) is 2.64. The molecule has 0 saturated carbocycles. The lowest BCUT2D eigenvalue weighted by atomic mass is 10.2. The molecule has 1 heterocycles. The number of nitrogen functional groups attached to an aromatic ring is 1. The number of hydrogen-bond donors (Lipinski definition) is 1. The maximum atomic E-state index is 13.6. The Morgan fingerprint density at radius 1 is 1.33 bits per heavy atom. The largest absolute Gasteiger partial charge is 0.335 e. The number of halogens is 1. The molecule has 1 aromatic carbocycles. The van der Waals surface area contributed by atoms with Crippen molar-refractivity contribution >= 4 is 11.8 Å². The van der Waals surface area contributed by atoms with Crippen molar-refractivity contribution in [3.8, 4) is 11.4 Å². The second kappa shape index (κ2) is 5.86. The molecule has 0 aliphatic carbocycles. The van der Waals surface area contributed by atoms with Crippen LogP contribution in [0.4, 0.5) is 4.39 Å². The van der Waals surface area contributed by atoms with E-state index in [0.717, 1.165) is 18.6 Å². The van der Waals surface area contributed by atoms with E-state index in [2.05, 4.69) is 17.1 Å². The van der Waals surface area contributed by atoms with Crippen LogP contribution in [-0.2, 0) is 0 Å². The van der Waals surface area contributed by atoms with Crippen molar-refractivity contribution in [2.24, 2.45) is 0 Å². The van der Waals surface area contributed by atoms with Gasteiger partial charge in [0, 0.05) is 5.75 Å². The van der Waals surface area contributed by atoms with Gasteiger partial charge in [0.1, 0.15) is 5.82 Å². The van der Waals surface area contributed by atoms with Crippen molar-refractivity contribution in [1.29, 1.82) is 0 Å². The average Bonchev–Trinajstić information content (AvgIpc) is 2.72. The first kappa shape index (κ1) is 12.9. The van der Waals surface area contributed by atoms with Crippen LogP contribution in [-0.4, -0.2) is 20.6 Å². The fraction of sp³-hybridized carbons (Fsp3) is 0.333. The molecule has 18 heavy (non-hydrogen) atoms. The number of benzene rings is 1. The molecule has 96 valence electrons. The van der Waals surface area contributed by atoms with E-state index in [9.17, 15) is 4.39 Å². The lowest BCUT2D eigenvalue weighted by Gasteiger charge is -2.04. The van der Waals surface area contributed by atoms with Crippen LogP contribution >= 0.6 is 11.8 Å². The first-order valence-corrected chi connectivity index (χ1v) is 6.80. The molecule has 2 N–H and O–H groups in total. The van der Waals surface area contributed by atoms with E-state index in [0.29, 0.717) is 16.5 Å². The van der Waals surface area contributed by atoms with Gasteiger partial charge in [0.25, 0.3) is 0 Å². The van der Waals surface area contributed by atoms with Crippen LogP contribution in [0.2, 0.25) is 0 Å². The Bertz CT molecular complexity index is 527. The summed E-state index contributed by atoms with van der Waals surface area (Å²) < 4.78 is 15.0. The van der Waals surface area contributed by atoms with E-state index in [4.69, 9.17) is 5.84 Å². The Kier molecular flexibility index (Phi) is 4.19. The summed E-state index contributed by atoms with van der Waals surface area (Å²) in [6.07, 6.45) is 2.21. The fourth-order valence-electron chi connectivity index (χ4n) is 1.51. The predicted octanol–water partition coefficient (Wildman–Crippen LogP) is 2.69. The Morgan fingerprint density at radius 2 is 2.11 bits per heavy atom. The Labute approximate surface area is 109 Å². The zero-order chi connectivity index (χ0) is 13.0. The summed E-state index contributed by atoms with van der Waals surface area (Å²) in [5.41, 5.74) is 0.370. The van der Waals surface area contributed by atoms with Gasteiger partial charge in [-0.05, 0) is 18.6 Å². The summed E-state index contributed by atoms with van der Waals surface area (Å²) in [6, 6.07) is 6.40. The highest BCUT2D eigenvalue weighted by Gasteiger charge is 2.14. The monoisotopic (exact) mass is 266 g/mol. The van der Waals surface area contributed by atoms with E-state index < -0.39 is 0 Å². The molecule has 6 heteroatoms. The van der Waals surface area contributed by atoms with Gasteiger partial charge in [-0.2, -0.15) is 0 Å². The predicted molar refractivity (Wildman–Crippen MR) is 71.2 cm³/mol. The summed E-state index contributed by atoms with van der Waals surface area (Å²) in [4.78, 5) is 0. The fourth-order valence-corrected chi connectivity index (χ4v) is 2.45. The van der Waals surface area contributed by atoms with Crippen LogP contribution in [0.5, 0.6) is 0 Å². The molecule has 0 radical (unpaired) electrons. The van der Waals surface area contributed by atoms with E-state index >= 15 is 0 Å². The van der Waals surface area contributed by atoms with Gasteiger partial charge in [0.2, 0.25) is 5.16 Å². The van der Waals surface area contributed by atoms with Gasteiger partial charge < -0.3 is 5.84 Å². The summed E-state index contributed by atoms with van der Waals surface area (Å²) in [5.74, 6) is 6.83. The molecule has 2 aromatic rings.